The fraction of sp³-hybridized carbons (Fsp3) is 0.600. The number of hydrogen-bond acceptors (Lipinski definition) is 5. The normalized spacial score (nSPS) is 22.9. The summed E-state index contributed by atoms with van der Waals surface area (Å²) in [5, 5.41) is 9.92. The molecule has 0 aliphatic heterocycles. The number of nitrogens with zero attached hydrogens (tertiary/aromatic N) is 2. The number of fused-ring (bicyclic) bond motifs is 1. The van der Waals surface area contributed by atoms with Gasteiger partial charge in [0.05, 0.1) is 5.39 Å². The van der Waals surface area contributed by atoms with E-state index >= 15 is 0 Å². The predicted molar refractivity (Wildman–Crippen MR) is 86.6 cm³/mol. The Morgan fingerprint density at radius 2 is 2.05 bits per heavy atom. The predicted octanol–water partition coefficient (Wildman–Crippen LogP) is 4.11. The van der Waals surface area contributed by atoms with Crippen LogP contribution in [0.25, 0.3) is 10.2 Å². The highest BCUT2D eigenvalue weighted by atomic mass is 32.1. The molecule has 0 radical (unpaired) electrons. The molecule has 1 aliphatic rings. The van der Waals surface area contributed by atoms with Crippen LogP contribution in [0.15, 0.2) is 11.4 Å². The van der Waals surface area contributed by atoms with Crippen LogP contribution in [0, 0.1) is 5.92 Å². The smallest absolute Gasteiger partial charge is 0.225 e. The second-order valence-electron chi connectivity index (χ2n) is 5.56. The van der Waals surface area contributed by atoms with E-state index in [1.54, 1.807) is 11.3 Å². The van der Waals surface area contributed by atoms with E-state index in [4.69, 9.17) is 0 Å². The molecule has 1 aliphatic carbocycles. The summed E-state index contributed by atoms with van der Waals surface area (Å²) in [5.74, 6) is 2.61. The summed E-state index contributed by atoms with van der Waals surface area (Å²) in [6, 6.07) is 2.67. The van der Waals surface area contributed by atoms with Gasteiger partial charge in [-0.25, -0.2) is 4.98 Å². The number of hydrogen-bond donors (Lipinski definition) is 2. The molecular formula is C15H22N4S. The van der Waals surface area contributed by atoms with Gasteiger partial charge in [0.1, 0.15) is 10.6 Å². The fourth-order valence-electron chi connectivity index (χ4n) is 2.99. The highest BCUT2D eigenvalue weighted by molar-refractivity contribution is 7.16. The summed E-state index contributed by atoms with van der Waals surface area (Å²) in [6.45, 7) is 2.30. The van der Waals surface area contributed by atoms with E-state index in [-0.39, 0.29) is 0 Å². The van der Waals surface area contributed by atoms with Gasteiger partial charge in [-0.05, 0) is 43.0 Å². The molecule has 1 fully saturated rings. The van der Waals surface area contributed by atoms with Crippen LogP contribution in [0.1, 0.15) is 39.0 Å². The van der Waals surface area contributed by atoms with Gasteiger partial charge in [-0.1, -0.05) is 13.3 Å². The molecule has 2 aromatic rings. The van der Waals surface area contributed by atoms with Crippen molar-refractivity contribution in [3.63, 3.8) is 0 Å². The van der Waals surface area contributed by atoms with Crippen molar-refractivity contribution in [2.45, 2.75) is 45.1 Å². The molecule has 2 N–H and O–H groups in total. The number of rotatable bonds is 4. The largest absolute Gasteiger partial charge is 0.367 e. The van der Waals surface area contributed by atoms with Gasteiger partial charge in [0, 0.05) is 13.1 Å². The van der Waals surface area contributed by atoms with E-state index in [9.17, 15) is 0 Å². The summed E-state index contributed by atoms with van der Waals surface area (Å²) < 4.78 is 0. The quantitative estimate of drug-likeness (QED) is 0.889. The lowest BCUT2D eigenvalue weighted by molar-refractivity contribution is 0.330. The second-order valence-corrected chi connectivity index (χ2v) is 6.45. The number of thiophene rings is 1. The average molecular weight is 290 g/mol. The van der Waals surface area contributed by atoms with Gasteiger partial charge in [0.15, 0.2) is 0 Å². The molecule has 2 heterocycles. The Bertz CT molecular complexity index is 572. The van der Waals surface area contributed by atoms with Gasteiger partial charge in [0.2, 0.25) is 5.95 Å². The average Bonchev–Trinajstić information content (AvgIpc) is 2.96. The van der Waals surface area contributed by atoms with Gasteiger partial charge in [0.25, 0.3) is 0 Å². The molecule has 0 atom stereocenters. The van der Waals surface area contributed by atoms with E-state index in [0.29, 0.717) is 12.0 Å². The third-order valence-corrected chi connectivity index (χ3v) is 5.12. The zero-order chi connectivity index (χ0) is 13.9. The molecule has 20 heavy (non-hydrogen) atoms. The van der Waals surface area contributed by atoms with Crippen LogP contribution in [0.4, 0.5) is 11.8 Å². The summed E-state index contributed by atoms with van der Waals surface area (Å²) in [7, 11) is 1.87. The van der Waals surface area contributed by atoms with Crippen LogP contribution >= 0.6 is 11.3 Å². The molecule has 4 nitrogen and oxygen atoms in total. The minimum atomic E-state index is 0.556. The van der Waals surface area contributed by atoms with E-state index in [0.717, 1.165) is 22.0 Å². The van der Waals surface area contributed by atoms with Gasteiger partial charge in [-0.2, -0.15) is 4.98 Å². The van der Waals surface area contributed by atoms with Crippen LogP contribution in [0.3, 0.4) is 0 Å². The van der Waals surface area contributed by atoms with E-state index in [2.05, 4.69) is 39.0 Å². The zero-order valence-electron chi connectivity index (χ0n) is 12.1. The van der Waals surface area contributed by atoms with Crippen molar-refractivity contribution in [2.75, 3.05) is 17.7 Å². The molecule has 0 unspecified atom stereocenters. The van der Waals surface area contributed by atoms with Crippen LogP contribution in [0.5, 0.6) is 0 Å². The van der Waals surface area contributed by atoms with E-state index in [1.165, 1.54) is 32.1 Å². The molecule has 0 aromatic carbocycles. The Labute approximate surface area is 124 Å². The SMILES string of the molecule is CCC1CCC(Nc2nc(NC)nc3sccc23)CC1. The summed E-state index contributed by atoms with van der Waals surface area (Å²) in [6.07, 6.45) is 6.50. The Kier molecular flexibility index (Phi) is 4.05. The van der Waals surface area contributed by atoms with Crippen LogP contribution in [-0.4, -0.2) is 23.1 Å². The number of nitrogens with one attached hydrogen (secondary N) is 2. The highest BCUT2D eigenvalue weighted by Gasteiger charge is 2.21. The molecule has 0 amide bonds. The minimum Gasteiger partial charge on any atom is -0.367 e. The first-order valence-electron chi connectivity index (χ1n) is 7.49. The first kappa shape index (κ1) is 13.6. The molecule has 0 spiro atoms. The van der Waals surface area contributed by atoms with Crippen LogP contribution in [0.2, 0.25) is 0 Å². The minimum absolute atomic E-state index is 0.556. The lowest BCUT2D eigenvalue weighted by Crippen LogP contribution is -2.26. The molecule has 108 valence electrons. The van der Waals surface area contributed by atoms with Crippen molar-refractivity contribution in [3.05, 3.63) is 11.4 Å². The first-order chi connectivity index (χ1) is 9.80. The lowest BCUT2D eigenvalue weighted by atomic mass is 9.84. The zero-order valence-corrected chi connectivity index (χ0v) is 13.0. The third kappa shape index (κ3) is 2.73. The van der Waals surface area contributed by atoms with Crippen molar-refractivity contribution in [3.8, 4) is 0 Å². The fourth-order valence-corrected chi connectivity index (χ4v) is 3.75. The lowest BCUT2D eigenvalue weighted by Gasteiger charge is -2.29. The van der Waals surface area contributed by atoms with Gasteiger partial charge in [-0.15, -0.1) is 11.3 Å². The van der Waals surface area contributed by atoms with Gasteiger partial charge < -0.3 is 10.6 Å². The van der Waals surface area contributed by atoms with Crippen LogP contribution in [-0.2, 0) is 0 Å². The maximum absolute atomic E-state index is 4.60. The van der Waals surface area contributed by atoms with E-state index in [1.807, 2.05) is 7.05 Å². The summed E-state index contributed by atoms with van der Waals surface area (Å²) in [4.78, 5) is 10.1. The first-order valence-corrected chi connectivity index (χ1v) is 8.37. The Hall–Kier alpha value is -1.36. The third-order valence-electron chi connectivity index (χ3n) is 4.31. The Morgan fingerprint density at radius 3 is 2.75 bits per heavy atom. The molecule has 0 saturated heterocycles. The number of aromatic nitrogens is 2. The Balaban J connectivity index is 1.78. The molecule has 5 heteroatoms. The monoisotopic (exact) mass is 290 g/mol. The standard InChI is InChI=1S/C15H22N4S/c1-3-10-4-6-11(7-5-10)17-13-12-8-9-20-14(12)19-15(16-2)18-13/h8-11H,3-7H2,1-2H3,(H2,16,17,18,19). The molecule has 2 aromatic heterocycles. The van der Waals surface area contributed by atoms with Gasteiger partial charge >= 0.3 is 0 Å². The topological polar surface area (TPSA) is 49.8 Å². The second kappa shape index (κ2) is 5.95. The summed E-state index contributed by atoms with van der Waals surface area (Å²) >= 11 is 1.67. The van der Waals surface area contributed by atoms with E-state index < -0.39 is 0 Å². The van der Waals surface area contributed by atoms with Crippen molar-refractivity contribution >= 4 is 33.3 Å². The van der Waals surface area contributed by atoms with Crippen LogP contribution < -0.4 is 10.6 Å². The molecular weight excluding hydrogens is 268 g/mol. The Morgan fingerprint density at radius 1 is 1.25 bits per heavy atom. The highest BCUT2D eigenvalue weighted by Crippen LogP contribution is 2.31. The van der Waals surface area contributed by atoms with Crippen molar-refractivity contribution in [1.29, 1.82) is 0 Å². The number of anilines is 2. The van der Waals surface area contributed by atoms with Crippen molar-refractivity contribution < 1.29 is 0 Å². The summed E-state index contributed by atoms with van der Waals surface area (Å²) in [5.41, 5.74) is 0. The maximum Gasteiger partial charge on any atom is 0.225 e. The van der Waals surface area contributed by atoms with Crippen molar-refractivity contribution in [2.24, 2.45) is 5.92 Å². The maximum atomic E-state index is 4.60. The van der Waals surface area contributed by atoms with Gasteiger partial charge in [-0.3, -0.25) is 0 Å². The molecule has 0 bridgehead atoms. The molecule has 3 rings (SSSR count). The molecule has 1 saturated carbocycles. The van der Waals surface area contributed by atoms with Crippen molar-refractivity contribution in [1.82, 2.24) is 9.97 Å².